The van der Waals surface area contributed by atoms with Crippen molar-refractivity contribution in [2.24, 2.45) is 0 Å². The molecule has 0 aliphatic carbocycles. The molecule has 0 aliphatic heterocycles. The Bertz CT molecular complexity index is 594. The quantitative estimate of drug-likeness (QED) is 0.907. The van der Waals surface area contributed by atoms with Crippen molar-refractivity contribution < 1.29 is 9.90 Å². The molecular formula is C15H16ClNO2S. The lowest BCUT2D eigenvalue weighted by Gasteiger charge is -2.20. The van der Waals surface area contributed by atoms with Crippen LogP contribution in [0.4, 0.5) is 0 Å². The van der Waals surface area contributed by atoms with Crippen LogP contribution in [0, 0.1) is 6.92 Å². The maximum absolute atomic E-state index is 12.1. The molecule has 2 N–H and O–H groups in total. The third-order valence-electron chi connectivity index (χ3n) is 3.11. The zero-order chi connectivity index (χ0) is 14.7. The molecule has 2 unspecified atom stereocenters. The highest BCUT2D eigenvalue weighted by Gasteiger charge is 2.20. The van der Waals surface area contributed by atoms with Gasteiger partial charge in [0.25, 0.3) is 5.91 Å². The highest BCUT2D eigenvalue weighted by atomic mass is 35.5. The van der Waals surface area contributed by atoms with E-state index in [0.29, 0.717) is 9.90 Å². The van der Waals surface area contributed by atoms with Crippen LogP contribution in [-0.2, 0) is 0 Å². The highest BCUT2D eigenvalue weighted by molar-refractivity contribution is 7.12. The Kier molecular flexibility index (Phi) is 4.81. The van der Waals surface area contributed by atoms with E-state index in [1.54, 1.807) is 31.2 Å². The molecule has 1 amide bonds. The van der Waals surface area contributed by atoms with Crippen LogP contribution in [0.25, 0.3) is 0 Å². The zero-order valence-corrected chi connectivity index (χ0v) is 12.8. The van der Waals surface area contributed by atoms with Gasteiger partial charge in [-0.1, -0.05) is 23.7 Å². The topological polar surface area (TPSA) is 49.3 Å². The molecule has 2 atom stereocenters. The molecule has 0 fully saturated rings. The van der Waals surface area contributed by atoms with Crippen LogP contribution in [0.3, 0.4) is 0 Å². The second-order valence-corrected chi connectivity index (χ2v) is 6.04. The lowest BCUT2D eigenvalue weighted by Crippen LogP contribution is -2.36. The first-order chi connectivity index (χ1) is 9.49. The molecule has 1 aromatic heterocycles. The SMILES string of the molecule is Cc1ccsc1C(=O)NC(C)C(O)c1ccc(Cl)cc1. The Morgan fingerprint density at radius 2 is 1.95 bits per heavy atom. The van der Waals surface area contributed by atoms with Gasteiger partial charge in [-0.05, 0) is 48.6 Å². The zero-order valence-electron chi connectivity index (χ0n) is 11.3. The van der Waals surface area contributed by atoms with E-state index in [4.69, 9.17) is 11.6 Å². The number of aryl methyl sites for hydroxylation is 1. The maximum Gasteiger partial charge on any atom is 0.261 e. The fraction of sp³-hybridized carbons (Fsp3) is 0.267. The molecule has 1 aromatic carbocycles. The monoisotopic (exact) mass is 309 g/mol. The fourth-order valence-corrected chi connectivity index (χ4v) is 2.86. The van der Waals surface area contributed by atoms with Crippen molar-refractivity contribution >= 4 is 28.8 Å². The van der Waals surface area contributed by atoms with Crippen molar-refractivity contribution in [1.82, 2.24) is 5.32 Å². The molecule has 0 bridgehead atoms. The minimum absolute atomic E-state index is 0.155. The molecule has 2 aromatic rings. The second kappa shape index (κ2) is 6.39. The van der Waals surface area contributed by atoms with E-state index in [0.717, 1.165) is 11.1 Å². The second-order valence-electron chi connectivity index (χ2n) is 4.69. The van der Waals surface area contributed by atoms with Crippen molar-refractivity contribution in [3.8, 4) is 0 Å². The predicted octanol–water partition coefficient (Wildman–Crippen LogP) is 3.56. The Morgan fingerprint density at radius 1 is 1.30 bits per heavy atom. The Balaban J connectivity index is 2.04. The largest absolute Gasteiger partial charge is 0.386 e. The lowest BCUT2D eigenvalue weighted by atomic mass is 10.0. The van der Waals surface area contributed by atoms with Gasteiger partial charge in [-0.2, -0.15) is 0 Å². The minimum atomic E-state index is -0.767. The van der Waals surface area contributed by atoms with Gasteiger partial charge in [-0.15, -0.1) is 11.3 Å². The molecule has 0 saturated heterocycles. The molecule has 5 heteroatoms. The first-order valence-corrected chi connectivity index (χ1v) is 7.53. The van der Waals surface area contributed by atoms with Crippen molar-refractivity contribution in [2.75, 3.05) is 0 Å². The first-order valence-electron chi connectivity index (χ1n) is 6.27. The van der Waals surface area contributed by atoms with Gasteiger partial charge in [0.1, 0.15) is 0 Å². The van der Waals surface area contributed by atoms with E-state index in [9.17, 15) is 9.90 Å². The summed E-state index contributed by atoms with van der Waals surface area (Å²) in [4.78, 5) is 12.8. The molecule has 0 aliphatic rings. The van der Waals surface area contributed by atoms with E-state index < -0.39 is 6.10 Å². The maximum atomic E-state index is 12.1. The van der Waals surface area contributed by atoms with Gasteiger partial charge >= 0.3 is 0 Å². The van der Waals surface area contributed by atoms with Gasteiger partial charge in [0.15, 0.2) is 0 Å². The van der Waals surface area contributed by atoms with Crippen molar-refractivity contribution in [3.63, 3.8) is 0 Å². The van der Waals surface area contributed by atoms with E-state index in [-0.39, 0.29) is 11.9 Å². The lowest BCUT2D eigenvalue weighted by molar-refractivity contribution is 0.0855. The van der Waals surface area contributed by atoms with E-state index in [1.807, 2.05) is 18.4 Å². The Morgan fingerprint density at radius 3 is 2.50 bits per heavy atom. The van der Waals surface area contributed by atoms with Crippen molar-refractivity contribution in [1.29, 1.82) is 0 Å². The molecule has 106 valence electrons. The fourth-order valence-electron chi connectivity index (χ4n) is 1.91. The van der Waals surface area contributed by atoms with Crippen LogP contribution in [0.5, 0.6) is 0 Å². The van der Waals surface area contributed by atoms with E-state index >= 15 is 0 Å². The number of hydrogen-bond acceptors (Lipinski definition) is 3. The number of amides is 1. The number of benzene rings is 1. The van der Waals surface area contributed by atoms with Crippen LogP contribution in [-0.4, -0.2) is 17.1 Å². The molecule has 1 heterocycles. The normalized spacial score (nSPS) is 13.8. The number of halogens is 1. The minimum Gasteiger partial charge on any atom is -0.386 e. The van der Waals surface area contributed by atoms with Crippen LogP contribution in [0.15, 0.2) is 35.7 Å². The van der Waals surface area contributed by atoms with Gasteiger partial charge in [-0.3, -0.25) is 4.79 Å². The summed E-state index contributed by atoms with van der Waals surface area (Å²) < 4.78 is 0. The van der Waals surface area contributed by atoms with Crippen molar-refractivity contribution in [3.05, 3.63) is 56.7 Å². The smallest absolute Gasteiger partial charge is 0.261 e. The van der Waals surface area contributed by atoms with E-state index in [1.165, 1.54) is 11.3 Å². The standard InChI is InChI=1S/C15H16ClNO2S/c1-9-7-8-20-14(9)15(19)17-10(2)13(18)11-3-5-12(16)6-4-11/h3-8,10,13,18H,1-2H3,(H,17,19). The first kappa shape index (κ1) is 15.0. The third-order valence-corrected chi connectivity index (χ3v) is 4.38. The number of nitrogens with one attached hydrogen (secondary N) is 1. The number of aliphatic hydroxyl groups excluding tert-OH is 1. The predicted molar refractivity (Wildman–Crippen MR) is 82.4 cm³/mol. The Labute approximate surface area is 127 Å². The summed E-state index contributed by atoms with van der Waals surface area (Å²) in [6.07, 6.45) is -0.767. The molecule has 0 spiro atoms. The van der Waals surface area contributed by atoms with Crippen LogP contribution >= 0.6 is 22.9 Å². The van der Waals surface area contributed by atoms with Gasteiger partial charge in [0.2, 0.25) is 0 Å². The average molecular weight is 310 g/mol. The molecule has 0 saturated carbocycles. The summed E-state index contributed by atoms with van der Waals surface area (Å²) in [6, 6.07) is 8.47. The molecule has 3 nitrogen and oxygen atoms in total. The summed E-state index contributed by atoms with van der Waals surface area (Å²) in [5.41, 5.74) is 1.67. The van der Waals surface area contributed by atoms with Gasteiger partial charge in [0, 0.05) is 5.02 Å². The summed E-state index contributed by atoms with van der Waals surface area (Å²) in [5, 5.41) is 15.6. The Hall–Kier alpha value is -1.36. The summed E-state index contributed by atoms with van der Waals surface area (Å²) in [5.74, 6) is -0.155. The average Bonchev–Trinajstić information content (AvgIpc) is 2.85. The number of carbonyl (C=O) groups excluding carboxylic acids is 1. The van der Waals surface area contributed by atoms with Crippen LogP contribution in [0.2, 0.25) is 5.02 Å². The summed E-state index contributed by atoms with van der Waals surface area (Å²) in [7, 11) is 0. The van der Waals surface area contributed by atoms with Crippen LogP contribution in [0.1, 0.15) is 33.8 Å². The highest BCUT2D eigenvalue weighted by Crippen LogP contribution is 2.21. The number of rotatable bonds is 4. The van der Waals surface area contributed by atoms with Gasteiger partial charge < -0.3 is 10.4 Å². The molecule has 20 heavy (non-hydrogen) atoms. The number of hydrogen-bond donors (Lipinski definition) is 2. The molecule has 2 rings (SSSR count). The summed E-state index contributed by atoms with van der Waals surface area (Å²) in [6.45, 7) is 3.67. The van der Waals surface area contributed by atoms with Gasteiger partial charge in [-0.25, -0.2) is 0 Å². The van der Waals surface area contributed by atoms with Crippen LogP contribution < -0.4 is 5.32 Å². The van der Waals surface area contributed by atoms with Crippen molar-refractivity contribution in [2.45, 2.75) is 26.0 Å². The molecular weight excluding hydrogens is 294 g/mol. The van der Waals surface area contributed by atoms with E-state index in [2.05, 4.69) is 5.32 Å². The third kappa shape index (κ3) is 3.39. The number of carbonyl (C=O) groups is 1. The molecule has 0 radical (unpaired) electrons. The summed E-state index contributed by atoms with van der Waals surface area (Å²) >= 11 is 7.21. The number of thiophene rings is 1. The number of aliphatic hydroxyl groups is 1. The van der Waals surface area contributed by atoms with Gasteiger partial charge in [0.05, 0.1) is 17.0 Å².